The monoisotopic (exact) mass is 463 g/mol. The zero-order valence-corrected chi connectivity index (χ0v) is 16.5. The molecule has 0 aliphatic carbocycles. The summed E-state index contributed by atoms with van der Waals surface area (Å²) in [6.07, 6.45) is -16.0. The second-order valence-electron chi connectivity index (χ2n) is 7.39. The van der Waals surface area contributed by atoms with E-state index in [1.165, 1.54) is 18.2 Å². The number of aliphatic hydroxyl groups is 7. The van der Waals surface area contributed by atoms with E-state index in [0.717, 1.165) is 6.07 Å². The molecule has 1 aromatic carbocycles. The number of nitrogens with zero attached hydrogens (tertiary/aromatic N) is 1. The van der Waals surface area contributed by atoms with Crippen molar-refractivity contribution < 1.29 is 59.6 Å². The molecular formula is C18H25NO13. The molecule has 0 aromatic heterocycles. The highest BCUT2D eigenvalue weighted by Gasteiger charge is 2.48. The fourth-order valence-electron chi connectivity index (χ4n) is 3.38. The van der Waals surface area contributed by atoms with Crippen molar-refractivity contribution in [2.24, 2.45) is 0 Å². The first-order valence-electron chi connectivity index (χ1n) is 9.67. The summed E-state index contributed by atoms with van der Waals surface area (Å²) < 4.78 is 21.3. The third-order valence-corrected chi connectivity index (χ3v) is 5.25. The zero-order valence-electron chi connectivity index (χ0n) is 16.5. The van der Waals surface area contributed by atoms with Gasteiger partial charge in [-0.2, -0.15) is 0 Å². The minimum Gasteiger partial charge on any atom is -0.455 e. The van der Waals surface area contributed by atoms with Crippen LogP contribution < -0.4 is 4.74 Å². The Bertz CT molecular complexity index is 779. The van der Waals surface area contributed by atoms with Crippen molar-refractivity contribution in [3.63, 3.8) is 0 Å². The maximum atomic E-state index is 11.2. The molecule has 0 amide bonds. The van der Waals surface area contributed by atoms with Crippen LogP contribution in [-0.2, 0) is 14.2 Å². The van der Waals surface area contributed by atoms with E-state index in [9.17, 15) is 45.9 Å². The van der Waals surface area contributed by atoms with Crippen LogP contribution in [0.4, 0.5) is 5.69 Å². The van der Waals surface area contributed by atoms with Crippen molar-refractivity contribution >= 4 is 5.69 Å². The van der Waals surface area contributed by atoms with Gasteiger partial charge in [0.05, 0.1) is 18.1 Å². The molecule has 7 N–H and O–H groups in total. The number of hydrogen-bond acceptors (Lipinski definition) is 13. The predicted octanol–water partition coefficient (Wildman–Crippen LogP) is -3.40. The highest BCUT2D eigenvalue weighted by Crippen LogP contribution is 2.31. The number of nitro benzene ring substituents is 1. The van der Waals surface area contributed by atoms with Gasteiger partial charge in [-0.3, -0.25) is 10.1 Å². The highest BCUT2D eigenvalue weighted by molar-refractivity contribution is 5.45. The normalized spacial score (nSPS) is 40.1. The molecule has 0 unspecified atom stereocenters. The van der Waals surface area contributed by atoms with Gasteiger partial charge in [-0.05, 0) is 6.07 Å². The zero-order chi connectivity index (χ0) is 23.6. The fourth-order valence-corrected chi connectivity index (χ4v) is 3.38. The molecule has 14 heteroatoms. The van der Waals surface area contributed by atoms with Crippen molar-refractivity contribution in [1.82, 2.24) is 0 Å². The van der Waals surface area contributed by atoms with Crippen LogP contribution in [0.25, 0.3) is 0 Å². The molecule has 0 bridgehead atoms. The summed E-state index contributed by atoms with van der Waals surface area (Å²) in [7, 11) is 0. The van der Waals surface area contributed by atoms with Gasteiger partial charge in [-0.25, -0.2) is 0 Å². The van der Waals surface area contributed by atoms with Crippen molar-refractivity contribution in [3.05, 3.63) is 34.4 Å². The number of para-hydroxylation sites is 2. The molecule has 2 fully saturated rings. The van der Waals surface area contributed by atoms with Gasteiger partial charge in [0.15, 0.2) is 12.0 Å². The molecule has 0 radical (unpaired) electrons. The van der Waals surface area contributed by atoms with E-state index >= 15 is 0 Å². The third-order valence-electron chi connectivity index (χ3n) is 5.25. The number of ether oxygens (including phenoxy) is 4. The molecule has 0 spiro atoms. The van der Waals surface area contributed by atoms with Gasteiger partial charge in [0.25, 0.3) is 0 Å². The molecule has 180 valence electrons. The molecule has 1 aromatic rings. The lowest BCUT2D eigenvalue weighted by molar-refractivity contribution is -0.387. The summed E-state index contributed by atoms with van der Waals surface area (Å²) in [4.78, 5) is 10.4. The SMILES string of the molecule is O=[N+]([O-])c1ccccc1O[C@@H]1O[C@H](CO[C@@H]2O[C@H](CO)[C@@H](O)[C@H](O)[C@H]2O)[C@@H](O)[C@H](O)[C@H]1O. The van der Waals surface area contributed by atoms with Crippen LogP contribution in [0.2, 0.25) is 0 Å². The Hall–Kier alpha value is -1.98. The first kappa shape index (κ1) is 24.7. The average Bonchev–Trinajstić information content (AvgIpc) is 2.78. The first-order valence-corrected chi connectivity index (χ1v) is 9.67. The topological polar surface area (TPSA) is 222 Å². The lowest BCUT2D eigenvalue weighted by Crippen LogP contribution is -2.62. The van der Waals surface area contributed by atoms with E-state index in [-0.39, 0.29) is 5.75 Å². The second kappa shape index (κ2) is 10.3. The largest absolute Gasteiger partial charge is 0.455 e. The summed E-state index contributed by atoms with van der Waals surface area (Å²) >= 11 is 0. The van der Waals surface area contributed by atoms with Gasteiger partial charge in [-0.1, -0.05) is 12.1 Å². The Morgan fingerprint density at radius 2 is 1.41 bits per heavy atom. The molecule has 32 heavy (non-hydrogen) atoms. The predicted molar refractivity (Wildman–Crippen MR) is 100 cm³/mol. The Kier molecular flexibility index (Phi) is 7.94. The summed E-state index contributed by atoms with van der Waals surface area (Å²) in [5.74, 6) is -0.251. The van der Waals surface area contributed by atoms with Gasteiger partial charge in [0, 0.05) is 6.07 Å². The molecule has 3 rings (SSSR count). The molecule has 2 saturated heterocycles. The molecule has 0 saturated carbocycles. The number of benzene rings is 1. The van der Waals surface area contributed by atoms with E-state index in [2.05, 4.69) is 0 Å². The van der Waals surface area contributed by atoms with Crippen LogP contribution >= 0.6 is 0 Å². The van der Waals surface area contributed by atoms with Crippen LogP contribution in [-0.4, -0.2) is 115 Å². The van der Waals surface area contributed by atoms with Gasteiger partial charge < -0.3 is 54.7 Å². The van der Waals surface area contributed by atoms with Crippen LogP contribution in [0, 0.1) is 10.1 Å². The van der Waals surface area contributed by atoms with Gasteiger partial charge in [-0.15, -0.1) is 0 Å². The maximum absolute atomic E-state index is 11.2. The van der Waals surface area contributed by atoms with Crippen molar-refractivity contribution in [1.29, 1.82) is 0 Å². The van der Waals surface area contributed by atoms with Crippen LogP contribution in [0.15, 0.2) is 24.3 Å². The minimum atomic E-state index is -1.78. The van der Waals surface area contributed by atoms with Crippen LogP contribution in [0.3, 0.4) is 0 Å². The summed E-state index contributed by atoms with van der Waals surface area (Å²) in [5.41, 5.74) is -0.418. The van der Waals surface area contributed by atoms with Crippen molar-refractivity contribution in [2.75, 3.05) is 13.2 Å². The highest BCUT2D eigenvalue weighted by atomic mass is 16.7. The number of nitro groups is 1. The third kappa shape index (κ3) is 4.99. The van der Waals surface area contributed by atoms with Crippen LogP contribution in [0.5, 0.6) is 5.75 Å². The molecular weight excluding hydrogens is 438 g/mol. The first-order chi connectivity index (χ1) is 15.1. The van der Waals surface area contributed by atoms with E-state index in [4.69, 9.17) is 18.9 Å². The Morgan fingerprint density at radius 1 is 0.844 bits per heavy atom. The smallest absolute Gasteiger partial charge is 0.311 e. The summed E-state index contributed by atoms with van der Waals surface area (Å²) in [6, 6.07) is 5.27. The van der Waals surface area contributed by atoms with Gasteiger partial charge in [0.1, 0.15) is 48.8 Å². The van der Waals surface area contributed by atoms with Crippen molar-refractivity contribution in [2.45, 2.75) is 61.4 Å². The lowest BCUT2D eigenvalue weighted by Gasteiger charge is -2.42. The quantitative estimate of drug-likeness (QED) is 0.155. The van der Waals surface area contributed by atoms with Crippen LogP contribution in [0.1, 0.15) is 0 Å². The molecule has 2 aliphatic heterocycles. The number of hydrogen-bond donors (Lipinski definition) is 7. The van der Waals surface area contributed by atoms with Gasteiger partial charge in [0.2, 0.25) is 6.29 Å². The van der Waals surface area contributed by atoms with E-state index in [1.807, 2.05) is 0 Å². The molecule has 2 heterocycles. The van der Waals surface area contributed by atoms with Crippen molar-refractivity contribution in [3.8, 4) is 5.75 Å². The Labute approximate surface area is 180 Å². The van der Waals surface area contributed by atoms with E-state index in [0.29, 0.717) is 0 Å². The lowest BCUT2D eigenvalue weighted by atomic mass is 9.98. The summed E-state index contributed by atoms with van der Waals surface area (Å²) in [6.45, 7) is -1.23. The Balaban J connectivity index is 1.69. The van der Waals surface area contributed by atoms with Gasteiger partial charge >= 0.3 is 5.69 Å². The standard InChI is InChI=1S/C18H25NO13/c20-5-9-11(21)13(23)15(25)17(31-9)29-6-10-12(22)14(24)16(26)18(32-10)30-8-4-2-1-3-7(8)19(27)28/h1-4,9-18,20-26H,5-6H2/t9-,10-,11-,12-,13+,14+,15-,16-,17-,18-/m1/s1. The minimum absolute atomic E-state index is 0.251. The Morgan fingerprint density at radius 3 is 2.03 bits per heavy atom. The molecule has 10 atom stereocenters. The average molecular weight is 463 g/mol. The number of rotatable bonds is 7. The maximum Gasteiger partial charge on any atom is 0.311 e. The van der Waals surface area contributed by atoms with E-state index in [1.54, 1.807) is 0 Å². The summed E-state index contributed by atoms with van der Waals surface area (Å²) in [5, 5.41) is 80.5. The number of aliphatic hydroxyl groups excluding tert-OH is 7. The second-order valence-corrected chi connectivity index (χ2v) is 7.39. The van der Waals surface area contributed by atoms with E-state index < -0.39 is 85.2 Å². The molecule has 14 nitrogen and oxygen atoms in total. The fraction of sp³-hybridized carbons (Fsp3) is 0.667. The molecule has 2 aliphatic rings.